The Kier molecular flexibility index (Phi) is 5.06. The summed E-state index contributed by atoms with van der Waals surface area (Å²) < 4.78 is 10.2. The molecule has 2 aromatic rings. The highest BCUT2D eigenvalue weighted by Gasteiger charge is 2.23. The summed E-state index contributed by atoms with van der Waals surface area (Å²) in [6.07, 6.45) is 1.87. The van der Waals surface area contributed by atoms with E-state index >= 15 is 0 Å². The predicted octanol–water partition coefficient (Wildman–Crippen LogP) is 2.40. The molecule has 6 nitrogen and oxygen atoms in total. The van der Waals surface area contributed by atoms with E-state index in [0.717, 1.165) is 0 Å². The van der Waals surface area contributed by atoms with Gasteiger partial charge in [0.15, 0.2) is 0 Å². The second-order valence-electron chi connectivity index (χ2n) is 5.29. The van der Waals surface area contributed by atoms with Gasteiger partial charge in [0.2, 0.25) is 0 Å². The fraction of sp³-hybridized carbons (Fsp3) is 0.312. The highest BCUT2D eigenvalue weighted by Crippen LogP contribution is 2.15. The van der Waals surface area contributed by atoms with E-state index in [2.05, 4.69) is 10.6 Å². The maximum absolute atomic E-state index is 11.8. The lowest BCUT2D eigenvalue weighted by molar-refractivity contribution is 0.0577. The largest absolute Gasteiger partial charge is 0.497 e. The molecule has 0 saturated carbocycles. The summed E-state index contributed by atoms with van der Waals surface area (Å²) in [4.78, 5) is 11.8. The van der Waals surface area contributed by atoms with Gasteiger partial charge in [-0.15, -0.1) is 0 Å². The van der Waals surface area contributed by atoms with E-state index in [1.807, 2.05) is 0 Å². The number of carbonyl (C=O) groups excluding carboxylic acids is 1. The molecule has 0 spiro atoms. The summed E-state index contributed by atoms with van der Waals surface area (Å²) in [5.41, 5.74) is -0.446. The maximum atomic E-state index is 11.8. The molecular weight excluding hydrogens is 284 g/mol. The average Bonchev–Trinajstić information content (AvgIpc) is 2.98. The summed E-state index contributed by atoms with van der Waals surface area (Å²) >= 11 is 0. The molecule has 2 amide bonds. The molecule has 0 radical (unpaired) electrons. The third-order valence-corrected chi connectivity index (χ3v) is 3.11. The van der Waals surface area contributed by atoms with Crippen molar-refractivity contribution < 1.29 is 19.1 Å². The van der Waals surface area contributed by atoms with E-state index in [4.69, 9.17) is 9.15 Å². The number of rotatable bonds is 6. The van der Waals surface area contributed by atoms with Gasteiger partial charge in [0.1, 0.15) is 11.5 Å². The van der Waals surface area contributed by atoms with Crippen LogP contribution in [0.5, 0.6) is 5.75 Å². The molecule has 0 aliphatic heterocycles. The topological polar surface area (TPSA) is 83.7 Å². The fourth-order valence-electron chi connectivity index (χ4n) is 1.97. The molecule has 1 aromatic carbocycles. The lowest BCUT2D eigenvalue weighted by Crippen LogP contribution is -2.43. The van der Waals surface area contributed by atoms with Crippen LogP contribution in [-0.4, -0.2) is 30.4 Å². The van der Waals surface area contributed by atoms with Crippen LogP contribution >= 0.6 is 0 Å². The molecule has 118 valence electrons. The Bertz CT molecular complexity index is 591. The minimum Gasteiger partial charge on any atom is -0.497 e. The summed E-state index contributed by atoms with van der Waals surface area (Å²) in [5, 5.41) is 15.6. The monoisotopic (exact) mass is 304 g/mol. The number of furan rings is 1. The Morgan fingerprint density at radius 2 is 2.05 bits per heavy atom. The van der Waals surface area contributed by atoms with Crippen LogP contribution < -0.4 is 15.4 Å². The van der Waals surface area contributed by atoms with Crippen LogP contribution in [0.15, 0.2) is 47.1 Å². The molecule has 0 bridgehead atoms. The SMILES string of the molecule is COc1ccc(NC(=O)NCC(C)(O)Cc2ccco2)cc1. The summed E-state index contributed by atoms with van der Waals surface area (Å²) in [6.45, 7) is 1.75. The first-order valence-corrected chi connectivity index (χ1v) is 6.92. The van der Waals surface area contributed by atoms with Gasteiger partial charge in [0, 0.05) is 18.7 Å². The molecule has 6 heteroatoms. The Labute approximate surface area is 129 Å². The third kappa shape index (κ3) is 4.82. The predicted molar refractivity (Wildman–Crippen MR) is 83.1 cm³/mol. The summed E-state index contributed by atoms with van der Waals surface area (Å²) in [5.74, 6) is 1.38. The average molecular weight is 304 g/mol. The van der Waals surface area contributed by atoms with Crippen LogP contribution in [0.1, 0.15) is 12.7 Å². The van der Waals surface area contributed by atoms with Gasteiger partial charge in [-0.25, -0.2) is 4.79 Å². The second-order valence-corrected chi connectivity index (χ2v) is 5.29. The van der Waals surface area contributed by atoms with Crippen molar-refractivity contribution in [3.05, 3.63) is 48.4 Å². The molecule has 1 unspecified atom stereocenters. The first-order chi connectivity index (χ1) is 10.5. The first-order valence-electron chi connectivity index (χ1n) is 6.92. The molecule has 1 atom stereocenters. The van der Waals surface area contributed by atoms with Gasteiger partial charge in [0.05, 0.1) is 19.0 Å². The summed E-state index contributed by atoms with van der Waals surface area (Å²) in [7, 11) is 1.58. The Hall–Kier alpha value is -2.47. The van der Waals surface area contributed by atoms with E-state index in [9.17, 15) is 9.90 Å². The Balaban J connectivity index is 1.81. The van der Waals surface area contributed by atoms with Crippen molar-refractivity contribution in [3.63, 3.8) is 0 Å². The molecule has 1 aromatic heterocycles. The van der Waals surface area contributed by atoms with Crippen molar-refractivity contribution in [1.82, 2.24) is 5.32 Å². The van der Waals surface area contributed by atoms with Crippen molar-refractivity contribution in [1.29, 1.82) is 0 Å². The van der Waals surface area contributed by atoms with Gasteiger partial charge >= 0.3 is 6.03 Å². The summed E-state index contributed by atoms with van der Waals surface area (Å²) in [6, 6.07) is 10.1. The van der Waals surface area contributed by atoms with Gasteiger partial charge in [0.25, 0.3) is 0 Å². The smallest absolute Gasteiger partial charge is 0.319 e. The van der Waals surface area contributed by atoms with E-state index in [-0.39, 0.29) is 12.6 Å². The number of amides is 2. The number of ether oxygens (including phenoxy) is 1. The fourth-order valence-corrected chi connectivity index (χ4v) is 1.97. The Morgan fingerprint density at radius 3 is 2.64 bits per heavy atom. The Morgan fingerprint density at radius 1 is 1.32 bits per heavy atom. The molecule has 3 N–H and O–H groups in total. The van der Waals surface area contributed by atoms with Crippen molar-refractivity contribution in [3.8, 4) is 5.75 Å². The molecule has 2 rings (SSSR count). The lowest BCUT2D eigenvalue weighted by atomic mass is 10.0. The zero-order valence-electron chi connectivity index (χ0n) is 12.6. The molecule has 0 aliphatic rings. The number of hydrogen-bond donors (Lipinski definition) is 3. The number of hydrogen-bond acceptors (Lipinski definition) is 4. The standard InChI is InChI=1S/C16H20N2O4/c1-16(20,10-14-4-3-9-22-14)11-17-15(19)18-12-5-7-13(21-2)8-6-12/h3-9,20H,10-11H2,1-2H3,(H2,17,18,19). The first kappa shape index (κ1) is 15.9. The number of benzene rings is 1. The van der Waals surface area contributed by atoms with Crippen LogP contribution in [-0.2, 0) is 6.42 Å². The van der Waals surface area contributed by atoms with Crippen LogP contribution in [0.4, 0.5) is 10.5 Å². The van der Waals surface area contributed by atoms with Gasteiger partial charge < -0.3 is 24.9 Å². The quantitative estimate of drug-likeness (QED) is 0.765. The van der Waals surface area contributed by atoms with Crippen LogP contribution in [0, 0.1) is 0 Å². The zero-order chi connectivity index (χ0) is 16.0. The minimum atomic E-state index is -1.09. The number of anilines is 1. The number of methoxy groups -OCH3 is 1. The van der Waals surface area contributed by atoms with Crippen molar-refractivity contribution in [2.45, 2.75) is 18.9 Å². The highest BCUT2D eigenvalue weighted by atomic mass is 16.5. The lowest BCUT2D eigenvalue weighted by Gasteiger charge is -2.22. The molecular formula is C16H20N2O4. The minimum absolute atomic E-state index is 0.107. The maximum Gasteiger partial charge on any atom is 0.319 e. The number of aliphatic hydroxyl groups is 1. The van der Waals surface area contributed by atoms with Crippen LogP contribution in [0.2, 0.25) is 0 Å². The van der Waals surface area contributed by atoms with Crippen LogP contribution in [0.25, 0.3) is 0 Å². The van der Waals surface area contributed by atoms with Crippen molar-refractivity contribution in [2.24, 2.45) is 0 Å². The van der Waals surface area contributed by atoms with Gasteiger partial charge in [-0.3, -0.25) is 0 Å². The van der Waals surface area contributed by atoms with E-state index < -0.39 is 5.60 Å². The van der Waals surface area contributed by atoms with Gasteiger partial charge in [-0.05, 0) is 43.3 Å². The van der Waals surface area contributed by atoms with E-state index in [1.54, 1.807) is 56.7 Å². The van der Waals surface area contributed by atoms with Gasteiger partial charge in [-0.1, -0.05) is 0 Å². The van der Waals surface area contributed by atoms with Crippen molar-refractivity contribution >= 4 is 11.7 Å². The van der Waals surface area contributed by atoms with Crippen molar-refractivity contribution in [2.75, 3.05) is 19.0 Å². The van der Waals surface area contributed by atoms with Crippen LogP contribution in [0.3, 0.4) is 0 Å². The van der Waals surface area contributed by atoms with Gasteiger partial charge in [-0.2, -0.15) is 0 Å². The normalized spacial score (nSPS) is 13.2. The number of nitrogens with one attached hydrogen (secondary N) is 2. The van der Waals surface area contributed by atoms with E-state index in [0.29, 0.717) is 23.6 Å². The number of urea groups is 1. The highest BCUT2D eigenvalue weighted by molar-refractivity contribution is 5.89. The zero-order valence-corrected chi connectivity index (χ0v) is 12.6. The molecule has 0 aliphatic carbocycles. The van der Waals surface area contributed by atoms with E-state index in [1.165, 1.54) is 0 Å². The molecule has 1 heterocycles. The second kappa shape index (κ2) is 7.00. The number of carbonyl (C=O) groups is 1. The molecule has 0 saturated heterocycles. The third-order valence-electron chi connectivity index (χ3n) is 3.11. The molecule has 22 heavy (non-hydrogen) atoms. The molecule has 0 fully saturated rings.